The summed E-state index contributed by atoms with van der Waals surface area (Å²) in [5, 5.41) is 8.71. The molecule has 1 N–H and O–H groups in total. The van der Waals surface area contributed by atoms with E-state index in [0.29, 0.717) is 0 Å². The maximum atomic E-state index is 11.2. The van der Waals surface area contributed by atoms with Gasteiger partial charge in [-0.15, -0.1) is 0 Å². The molecule has 76 valence electrons. The van der Waals surface area contributed by atoms with Crippen molar-refractivity contribution in [2.24, 2.45) is 17.8 Å². The number of hydrogen-bond acceptors (Lipinski definition) is 2. The summed E-state index contributed by atoms with van der Waals surface area (Å²) < 4.78 is 0. The zero-order chi connectivity index (χ0) is 9.84. The first-order chi connectivity index (χ1) is 6.15. The molecule has 1 saturated carbocycles. The topological polar surface area (TPSA) is 37.3 Å². The Morgan fingerprint density at radius 2 is 1.85 bits per heavy atom. The highest BCUT2D eigenvalue weighted by molar-refractivity contribution is 5.81. The Hall–Kier alpha value is -0.370. The molecule has 0 amide bonds. The number of aliphatic hydroxyl groups is 1. The molecule has 0 saturated heterocycles. The summed E-state index contributed by atoms with van der Waals surface area (Å²) in [5.74, 6) is 1.73. The van der Waals surface area contributed by atoms with Crippen LogP contribution in [0.1, 0.15) is 39.5 Å². The normalized spacial score (nSPS) is 29.2. The fraction of sp³-hybridized carbons (Fsp3) is 0.909. The molecule has 1 rings (SSSR count). The van der Waals surface area contributed by atoms with Crippen LogP contribution < -0.4 is 0 Å². The molecular weight excluding hydrogens is 164 g/mol. The molecule has 0 spiro atoms. The van der Waals surface area contributed by atoms with E-state index < -0.39 is 0 Å². The summed E-state index contributed by atoms with van der Waals surface area (Å²) in [6, 6.07) is 0. The molecule has 1 aliphatic rings. The lowest BCUT2D eigenvalue weighted by Gasteiger charge is -2.29. The van der Waals surface area contributed by atoms with E-state index in [1.165, 1.54) is 0 Å². The maximum absolute atomic E-state index is 11.2. The molecule has 1 aliphatic carbocycles. The smallest absolute Gasteiger partial charge is 0.161 e. The third kappa shape index (κ3) is 2.80. The number of Topliss-reactive ketones (excluding diaryl/α,β-unsaturated/α-hetero) is 1. The second kappa shape index (κ2) is 4.75. The molecule has 0 bridgehead atoms. The van der Waals surface area contributed by atoms with Crippen molar-refractivity contribution in [3.8, 4) is 0 Å². The highest BCUT2D eigenvalue weighted by Crippen LogP contribution is 2.33. The van der Waals surface area contributed by atoms with Gasteiger partial charge in [0.05, 0.1) is 0 Å². The van der Waals surface area contributed by atoms with Crippen LogP contribution >= 0.6 is 0 Å². The van der Waals surface area contributed by atoms with Crippen molar-refractivity contribution in [3.63, 3.8) is 0 Å². The van der Waals surface area contributed by atoms with E-state index >= 15 is 0 Å². The van der Waals surface area contributed by atoms with Gasteiger partial charge in [0.25, 0.3) is 0 Å². The second-order valence-electron chi connectivity index (χ2n) is 4.48. The molecule has 2 heteroatoms. The summed E-state index contributed by atoms with van der Waals surface area (Å²) in [7, 11) is 0. The van der Waals surface area contributed by atoms with E-state index in [2.05, 4.69) is 13.8 Å². The van der Waals surface area contributed by atoms with Gasteiger partial charge in [-0.25, -0.2) is 0 Å². The van der Waals surface area contributed by atoms with E-state index in [0.717, 1.165) is 37.5 Å². The zero-order valence-corrected chi connectivity index (χ0v) is 8.62. The summed E-state index contributed by atoms with van der Waals surface area (Å²) in [6.45, 7) is 4.23. The fourth-order valence-corrected chi connectivity index (χ4v) is 2.24. The van der Waals surface area contributed by atoms with Crippen LogP contribution in [0.25, 0.3) is 0 Å². The summed E-state index contributed by atoms with van der Waals surface area (Å²) >= 11 is 0. The number of rotatable bonds is 3. The van der Waals surface area contributed by atoms with Crippen molar-refractivity contribution in [2.45, 2.75) is 39.5 Å². The van der Waals surface area contributed by atoms with Crippen LogP contribution in [0.5, 0.6) is 0 Å². The van der Waals surface area contributed by atoms with Crippen LogP contribution in [0, 0.1) is 17.8 Å². The third-order valence-corrected chi connectivity index (χ3v) is 3.33. The fourth-order valence-electron chi connectivity index (χ4n) is 2.24. The number of carbonyl (C=O) groups excluding carboxylic acids is 1. The molecule has 0 aromatic rings. The van der Waals surface area contributed by atoms with Crippen LogP contribution in [-0.4, -0.2) is 17.5 Å². The first-order valence-electron chi connectivity index (χ1n) is 5.28. The Kier molecular flexibility index (Phi) is 3.91. The van der Waals surface area contributed by atoms with Crippen molar-refractivity contribution < 1.29 is 9.90 Å². The monoisotopic (exact) mass is 184 g/mol. The first kappa shape index (κ1) is 10.7. The lowest BCUT2D eigenvalue weighted by Crippen LogP contribution is -2.25. The molecule has 0 unspecified atom stereocenters. The Morgan fingerprint density at radius 3 is 2.23 bits per heavy atom. The highest BCUT2D eigenvalue weighted by atomic mass is 16.3. The first-order valence-corrected chi connectivity index (χ1v) is 5.28. The van der Waals surface area contributed by atoms with Gasteiger partial charge in [0.15, 0.2) is 5.78 Å². The number of ketones is 1. The van der Waals surface area contributed by atoms with Crippen molar-refractivity contribution in [2.75, 3.05) is 6.61 Å². The molecule has 0 atom stereocenters. The molecular formula is C11H20O2. The van der Waals surface area contributed by atoms with Crippen LogP contribution in [0.3, 0.4) is 0 Å². The summed E-state index contributed by atoms with van der Waals surface area (Å²) in [5.41, 5.74) is 0. The molecule has 13 heavy (non-hydrogen) atoms. The van der Waals surface area contributed by atoms with Gasteiger partial charge in [-0.1, -0.05) is 13.8 Å². The van der Waals surface area contributed by atoms with Gasteiger partial charge in [0.1, 0.15) is 6.61 Å². The summed E-state index contributed by atoms with van der Waals surface area (Å²) in [6.07, 6.45) is 4.30. The minimum atomic E-state index is -0.267. The van der Waals surface area contributed by atoms with Crippen molar-refractivity contribution in [1.29, 1.82) is 0 Å². The van der Waals surface area contributed by atoms with Gasteiger partial charge < -0.3 is 5.11 Å². The minimum absolute atomic E-state index is 0.0437. The Bertz CT molecular complexity index is 167. The number of carbonyl (C=O) groups is 1. The molecule has 0 aliphatic heterocycles. The quantitative estimate of drug-likeness (QED) is 0.728. The van der Waals surface area contributed by atoms with Crippen LogP contribution in [0.2, 0.25) is 0 Å². The maximum Gasteiger partial charge on any atom is 0.161 e. The molecule has 0 aromatic carbocycles. The lowest BCUT2D eigenvalue weighted by molar-refractivity contribution is -0.126. The van der Waals surface area contributed by atoms with Crippen LogP contribution in [-0.2, 0) is 4.79 Å². The Labute approximate surface area is 80.3 Å². The number of hydrogen-bond donors (Lipinski definition) is 1. The van der Waals surface area contributed by atoms with Gasteiger partial charge in [0, 0.05) is 5.92 Å². The largest absolute Gasteiger partial charge is 0.389 e. The molecule has 0 radical (unpaired) electrons. The third-order valence-electron chi connectivity index (χ3n) is 3.33. The van der Waals surface area contributed by atoms with Gasteiger partial charge in [-0.2, -0.15) is 0 Å². The molecule has 1 fully saturated rings. The van der Waals surface area contributed by atoms with Gasteiger partial charge in [-0.3, -0.25) is 4.79 Å². The van der Waals surface area contributed by atoms with E-state index in [4.69, 9.17) is 5.11 Å². The van der Waals surface area contributed by atoms with Gasteiger partial charge >= 0.3 is 0 Å². The Morgan fingerprint density at radius 1 is 1.31 bits per heavy atom. The van der Waals surface area contributed by atoms with Crippen LogP contribution in [0.4, 0.5) is 0 Å². The summed E-state index contributed by atoms with van der Waals surface area (Å²) in [4.78, 5) is 11.2. The van der Waals surface area contributed by atoms with Gasteiger partial charge in [-0.05, 0) is 37.5 Å². The molecule has 2 nitrogen and oxygen atoms in total. The minimum Gasteiger partial charge on any atom is -0.389 e. The highest BCUT2D eigenvalue weighted by Gasteiger charge is 2.26. The molecule has 0 aromatic heterocycles. The average Bonchev–Trinajstić information content (AvgIpc) is 2.17. The van der Waals surface area contributed by atoms with Crippen molar-refractivity contribution >= 4 is 5.78 Å². The van der Waals surface area contributed by atoms with E-state index in [1.807, 2.05) is 0 Å². The SMILES string of the molecule is CC(C)C1CCC(C(=O)CO)CC1. The zero-order valence-electron chi connectivity index (χ0n) is 8.62. The predicted molar refractivity (Wildman–Crippen MR) is 52.4 cm³/mol. The molecule has 0 heterocycles. The number of aliphatic hydroxyl groups excluding tert-OH is 1. The average molecular weight is 184 g/mol. The standard InChI is InChI=1S/C11H20O2/c1-8(2)9-3-5-10(6-4-9)11(13)7-12/h8-10,12H,3-7H2,1-2H3. The van der Waals surface area contributed by atoms with E-state index in [1.54, 1.807) is 0 Å². The van der Waals surface area contributed by atoms with Gasteiger partial charge in [0.2, 0.25) is 0 Å². The predicted octanol–water partition coefficient (Wildman–Crippen LogP) is 2.01. The Balaban J connectivity index is 2.34. The lowest BCUT2D eigenvalue weighted by atomic mass is 9.76. The van der Waals surface area contributed by atoms with E-state index in [-0.39, 0.29) is 18.3 Å². The van der Waals surface area contributed by atoms with Crippen molar-refractivity contribution in [3.05, 3.63) is 0 Å². The van der Waals surface area contributed by atoms with E-state index in [9.17, 15) is 4.79 Å². The van der Waals surface area contributed by atoms with Crippen molar-refractivity contribution in [1.82, 2.24) is 0 Å². The van der Waals surface area contributed by atoms with Crippen LogP contribution in [0.15, 0.2) is 0 Å². The second-order valence-corrected chi connectivity index (χ2v) is 4.48.